The van der Waals surface area contributed by atoms with Crippen LogP contribution >= 0.6 is 0 Å². The molecule has 1 aromatic carbocycles. The van der Waals surface area contributed by atoms with Gasteiger partial charge in [0, 0.05) is 12.0 Å². The molecule has 0 radical (unpaired) electrons. The lowest BCUT2D eigenvalue weighted by Crippen LogP contribution is -2.10. The fourth-order valence-corrected chi connectivity index (χ4v) is 1.67. The highest BCUT2D eigenvalue weighted by Gasteiger charge is 2.11. The second kappa shape index (κ2) is 5.66. The number of Topliss-reactive ketones (excluding diaryl/α,β-unsaturated/α-hetero) is 1. The van der Waals surface area contributed by atoms with Gasteiger partial charge in [0.2, 0.25) is 0 Å². The minimum atomic E-state index is 0.103. The normalized spacial score (nSPS) is 10.2. The Balaban J connectivity index is 3.05. The smallest absolute Gasteiger partial charge is 0.164 e. The number of nitrogens with two attached hydrogens (primary N) is 1. The van der Waals surface area contributed by atoms with Crippen molar-refractivity contribution in [1.29, 1.82) is 0 Å². The highest BCUT2D eigenvalue weighted by Crippen LogP contribution is 2.23. The minimum Gasteiger partial charge on any atom is -0.494 e. The second-order valence-electron chi connectivity index (χ2n) is 3.83. The third kappa shape index (κ3) is 2.83. The summed E-state index contributed by atoms with van der Waals surface area (Å²) in [6.07, 6.45) is 0.397. The Kier molecular flexibility index (Phi) is 4.50. The van der Waals surface area contributed by atoms with Gasteiger partial charge in [0.25, 0.3) is 0 Å². The molecule has 0 heterocycles. The Morgan fingerprint density at radius 1 is 1.31 bits per heavy atom. The molecule has 0 amide bonds. The Bertz CT molecular complexity index is 386. The van der Waals surface area contributed by atoms with Gasteiger partial charge in [0.1, 0.15) is 5.75 Å². The van der Waals surface area contributed by atoms with Crippen LogP contribution in [0.25, 0.3) is 0 Å². The van der Waals surface area contributed by atoms with E-state index in [0.29, 0.717) is 19.6 Å². The molecule has 0 saturated heterocycles. The van der Waals surface area contributed by atoms with E-state index < -0.39 is 0 Å². The number of carbonyl (C=O) groups is 1. The molecule has 0 fully saturated rings. The summed E-state index contributed by atoms with van der Waals surface area (Å²) in [6, 6.07) is 3.81. The van der Waals surface area contributed by atoms with Crippen molar-refractivity contribution in [2.24, 2.45) is 5.73 Å². The average Bonchev–Trinajstić information content (AvgIpc) is 2.23. The maximum Gasteiger partial charge on any atom is 0.164 e. The van der Waals surface area contributed by atoms with Crippen molar-refractivity contribution in [1.82, 2.24) is 0 Å². The zero-order valence-corrected chi connectivity index (χ0v) is 10.2. The number of hydrogen-bond donors (Lipinski definition) is 1. The van der Waals surface area contributed by atoms with Gasteiger partial charge in [-0.3, -0.25) is 4.79 Å². The monoisotopic (exact) mass is 221 g/mol. The van der Waals surface area contributed by atoms with Crippen LogP contribution in [0.5, 0.6) is 5.75 Å². The molecule has 3 nitrogen and oxygen atoms in total. The minimum absolute atomic E-state index is 0.103. The third-order valence-electron chi connectivity index (χ3n) is 2.49. The molecule has 0 aromatic heterocycles. The summed E-state index contributed by atoms with van der Waals surface area (Å²) in [5.41, 5.74) is 8.09. The van der Waals surface area contributed by atoms with Crippen molar-refractivity contribution in [3.05, 3.63) is 28.8 Å². The molecule has 0 aliphatic heterocycles. The van der Waals surface area contributed by atoms with E-state index in [-0.39, 0.29) is 5.78 Å². The molecule has 0 unspecified atom stereocenters. The molecule has 0 spiro atoms. The molecule has 1 aromatic rings. The fourth-order valence-electron chi connectivity index (χ4n) is 1.67. The molecule has 88 valence electrons. The lowest BCUT2D eigenvalue weighted by atomic mass is 9.99. The van der Waals surface area contributed by atoms with Crippen LogP contribution in [0.3, 0.4) is 0 Å². The fraction of sp³-hybridized carbons (Fsp3) is 0.462. The van der Waals surface area contributed by atoms with E-state index in [1.807, 2.05) is 32.9 Å². The second-order valence-corrected chi connectivity index (χ2v) is 3.83. The van der Waals surface area contributed by atoms with Gasteiger partial charge < -0.3 is 10.5 Å². The lowest BCUT2D eigenvalue weighted by Gasteiger charge is -2.11. The zero-order valence-electron chi connectivity index (χ0n) is 10.2. The maximum atomic E-state index is 11.8. The van der Waals surface area contributed by atoms with E-state index in [1.54, 1.807) is 0 Å². The van der Waals surface area contributed by atoms with Crippen molar-refractivity contribution in [3.63, 3.8) is 0 Å². The topological polar surface area (TPSA) is 52.3 Å². The molecular weight excluding hydrogens is 202 g/mol. The molecular formula is C13H19NO2. The van der Waals surface area contributed by atoms with Crippen LogP contribution in [0.1, 0.15) is 34.8 Å². The molecule has 0 saturated carbocycles. The summed E-state index contributed by atoms with van der Waals surface area (Å²) >= 11 is 0. The third-order valence-corrected chi connectivity index (χ3v) is 2.49. The van der Waals surface area contributed by atoms with Crippen molar-refractivity contribution >= 4 is 5.78 Å². The molecule has 0 bridgehead atoms. The molecule has 0 aliphatic rings. The first-order chi connectivity index (χ1) is 7.60. The van der Waals surface area contributed by atoms with E-state index in [0.717, 1.165) is 22.4 Å². The first kappa shape index (κ1) is 12.7. The quantitative estimate of drug-likeness (QED) is 0.776. The van der Waals surface area contributed by atoms with Gasteiger partial charge in [-0.15, -0.1) is 0 Å². The lowest BCUT2D eigenvalue weighted by molar-refractivity contribution is 0.0984. The number of benzene rings is 1. The summed E-state index contributed by atoms with van der Waals surface area (Å²) in [4.78, 5) is 11.8. The van der Waals surface area contributed by atoms with Crippen LogP contribution in [0.2, 0.25) is 0 Å². The average molecular weight is 221 g/mol. The van der Waals surface area contributed by atoms with Gasteiger partial charge in [-0.25, -0.2) is 0 Å². The van der Waals surface area contributed by atoms with Crippen molar-refractivity contribution in [2.45, 2.75) is 27.2 Å². The van der Waals surface area contributed by atoms with Crippen molar-refractivity contribution < 1.29 is 9.53 Å². The number of hydrogen-bond acceptors (Lipinski definition) is 3. The first-order valence-corrected chi connectivity index (χ1v) is 5.57. The number of rotatable bonds is 5. The van der Waals surface area contributed by atoms with Crippen LogP contribution in [0.4, 0.5) is 0 Å². The summed E-state index contributed by atoms with van der Waals surface area (Å²) < 4.78 is 5.48. The Morgan fingerprint density at radius 2 is 2.00 bits per heavy atom. The Labute approximate surface area is 96.6 Å². The summed E-state index contributed by atoms with van der Waals surface area (Å²) in [5.74, 6) is 0.954. The van der Waals surface area contributed by atoms with E-state index >= 15 is 0 Å². The van der Waals surface area contributed by atoms with Gasteiger partial charge >= 0.3 is 0 Å². The van der Waals surface area contributed by atoms with Gasteiger partial charge in [-0.05, 0) is 50.6 Å². The van der Waals surface area contributed by atoms with E-state index in [9.17, 15) is 4.79 Å². The van der Waals surface area contributed by atoms with Crippen LogP contribution in [-0.2, 0) is 0 Å². The molecule has 2 N–H and O–H groups in total. The maximum absolute atomic E-state index is 11.8. The molecule has 16 heavy (non-hydrogen) atoms. The van der Waals surface area contributed by atoms with Gasteiger partial charge in [0.05, 0.1) is 6.61 Å². The highest BCUT2D eigenvalue weighted by atomic mass is 16.5. The van der Waals surface area contributed by atoms with Crippen LogP contribution in [0.15, 0.2) is 12.1 Å². The van der Waals surface area contributed by atoms with Crippen LogP contribution in [-0.4, -0.2) is 18.9 Å². The van der Waals surface area contributed by atoms with E-state index in [4.69, 9.17) is 10.5 Å². The van der Waals surface area contributed by atoms with Crippen molar-refractivity contribution in [3.8, 4) is 5.75 Å². The predicted octanol–water partition coefficient (Wildman–Crippen LogP) is 2.23. The summed E-state index contributed by atoms with van der Waals surface area (Å²) in [7, 11) is 0. The van der Waals surface area contributed by atoms with Crippen molar-refractivity contribution in [2.75, 3.05) is 13.2 Å². The first-order valence-electron chi connectivity index (χ1n) is 5.57. The molecule has 0 atom stereocenters. The van der Waals surface area contributed by atoms with Gasteiger partial charge in [0.15, 0.2) is 5.78 Å². The van der Waals surface area contributed by atoms with Crippen LogP contribution < -0.4 is 10.5 Å². The molecule has 1 rings (SSSR count). The zero-order chi connectivity index (χ0) is 12.1. The largest absolute Gasteiger partial charge is 0.494 e. The van der Waals surface area contributed by atoms with Gasteiger partial charge in [-0.1, -0.05) is 0 Å². The summed E-state index contributed by atoms with van der Waals surface area (Å²) in [5, 5.41) is 0. The van der Waals surface area contributed by atoms with Crippen LogP contribution in [0, 0.1) is 13.8 Å². The Hall–Kier alpha value is -1.35. The number of ketones is 1. The van der Waals surface area contributed by atoms with E-state index in [1.165, 1.54) is 0 Å². The summed E-state index contributed by atoms with van der Waals surface area (Å²) in [6.45, 7) is 6.85. The standard InChI is InChI=1S/C13H19NO2/c1-4-16-13-8-9(2)11(7-10(13)3)12(15)5-6-14/h7-8H,4-6,14H2,1-3H3. The predicted molar refractivity (Wildman–Crippen MR) is 65.1 cm³/mol. The Morgan fingerprint density at radius 3 is 2.56 bits per heavy atom. The molecule has 3 heteroatoms. The SMILES string of the molecule is CCOc1cc(C)c(C(=O)CCN)cc1C. The van der Waals surface area contributed by atoms with Gasteiger partial charge in [-0.2, -0.15) is 0 Å². The highest BCUT2D eigenvalue weighted by molar-refractivity contribution is 5.97. The number of ether oxygens (including phenoxy) is 1. The molecule has 0 aliphatic carbocycles. The number of carbonyl (C=O) groups excluding carboxylic acids is 1. The number of aryl methyl sites for hydroxylation is 2. The van der Waals surface area contributed by atoms with E-state index in [2.05, 4.69) is 0 Å².